The fourth-order valence-electron chi connectivity index (χ4n) is 2.75. The van der Waals surface area contributed by atoms with Crippen LogP contribution in [0.25, 0.3) is 10.9 Å². The summed E-state index contributed by atoms with van der Waals surface area (Å²) in [5, 5.41) is 9.27. The minimum Gasteiger partial charge on any atom is -0.493 e. The van der Waals surface area contributed by atoms with Gasteiger partial charge in [-0.15, -0.1) is 11.8 Å². The fraction of sp³-hybridized carbons (Fsp3) is 0.467. The molecule has 2 heterocycles. The van der Waals surface area contributed by atoms with Crippen LogP contribution in [0.2, 0.25) is 5.02 Å². The van der Waals surface area contributed by atoms with Crippen LogP contribution in [-0.2, 0) is 15.7 Å². The normalized spacial score (nSPS) is 17.0. The molecule has 142 valence electrons. The van der Waals surface area contributed by atoms with E-state index in [9.17, 15) is 23.1 Å². The van der Waals surface area contributed by atoms with Crippen LogP contribution in [0.1, 0.15) is 11.6 Å². The fourth-order valence-corrected chi connectivity index (χ4v) is 4.35. The Kier molecular flexibility index (Phi) is 5.38. The number of thioether (sulfide) groups is 1. The van der Waals surface area contributed by atoms with Gasteiger partial charge in [0.2, 0.25) is 5.88 Å². The summed E-state index contributed by atoms with van der Waals surface area (Å²) in [5.41, 5.74) is -1.71. The lowest BCUT2D eigenvalue weighted by Crippen LogP contribution is -2.34. The van der Waals surface area contributed by atoms with E-state index in [2.05, 4.69) is 4.98 Å². The summed E-state index contributed by atoms with van der Waals surface area (Å²) < 4.78 is 51.3. The molecule has 6 nitrogen and oxygen atoms in total. The molecule has 1 aliphatic heterocycles. The molecule has 0 saturated carbocycles. The number of alkyl halides is 3. The average Bonchev–Trinajstić information content (AvgIpc) is 2.56. The maximum absolute atomic E-state index is 13.2. The van der Waals surface area contributed by atoms with Crippen molar-refractivity contribution in [2.24, 2.45) is 0 Å². The minimum atomic E-state index is -4.70. The number of benzene rings is 1. The van der Waals surface area contributed by atoms with Gasteiger partial charge in [0.05, 0.1) is 52.2 Å². The van der Waals surface area contributed by atoms with E-state index < -0.39 is 34.4 Å². The Morgan fingerprint density at radius 2 is 2.19 bits per heavy atom. The number of methoxy groups -OCH3 is 1. The van der Waals surface area contributed by atoms with Crippen LogP contribution in [0.4, 0.5) is 13.2 Å². The summed E-state index contributed by atoms with van der Waals surface area (Å²) in [6.45, 7) is 0.826. The second-order valence-electron chi connectivity index (χ2n) is 5.58. The van der Waals surface area contributed by atoms with E-state index in [-0.39, 0.29) is 28.2 Å². The van der Waals surface area contributed by atoms with E-state index >= 15 is 0 Å². The third-order valence-electron chi connectivity index (χ3n) is 3.92. The zero-order valence-corrected chi connectivity index (χ0v) is 15.0. The molecule has 0 spiro atoms. The van der Waals surface area contributed by atoms with Crippen LogP contribution < -0.4 is 5.69 Å². The standard InChI is InChI=1S/C15H14ClF3N2O4S/c1-24-2-3-25-5-7-6-26-12-10(16)9(15(17,18)19)4-8-11(12)21(7)14(23)20-13(8)22/h4,7H,2-3,5-6H2,1H3,(H,20,22,23)/t7-/m0/s1. The van der Waals surface area contributed by atoms with E-state index in [1.165, 1.54) is 11.7 Å². The van der Waals surface area contributed by atoms with Gasteiger partial charge < -0.3 is 14.6 Å². The van der Waals surface area contributed by atoms with Gasteiger partial charge in [0.15, 0.2) is 0 Å². The largest absolute Gasteiger partial charge is 0.493 e. The number of aromatic hydroxyl groups is 1. The average molecular weight is 411 g/mol. The lowest BCUT2D eigenvalue weighted by Gasteiger charge is -2.28. The Labute approximate surface area is 154 Å². The van der Waals surface area contributed by atoms with Crippen molar-refractivity contribution in [1.29, 1.82) is 0 Å². The predicted octanol–water partition coefficient (Wildman–Crippen LogP) is 3.08. The van der Waals surface area contributed by atoms with Crippen molar-refractivity contribution in [2.75, 3.05) is 32.7 Å². The highest BCUT2D eigenvalue weighted by Crippen LogP contribution is 2.47. The molecule has 0 fully saturated rings. The zero-order chi connectivity index (χ0) is 19.1. The first-order valence-corrected chi connectivity index (χ1v) is 8.86. The van der Waals surface area contributed by atoms with Gasteiger partial charge in [-0.3, -0.25) is 4.57 Å². The number of aromatic nitrogens is 2. The number of nitrogens with zero attached hydrogens (tertiary/aromatic N) is 2. The molecule has 1 aliphatic rings. The highest BCUT2D eigenvalue weighted by atomic mass is 35.5. The number of halogens is 4. The van der Waals surface area contributed by atoms with Crippen molar-refractivity contribution in [3.05, 3.63) is 27.1 Å². The molecule has 1 atom stereocenters. The Hall–Kier alpha value is -1.49. The lowest BCUT2D eigenvalue weighted by atomic mass is 10.1. The van der Waals surface area contributed by atoms with Gasteiger partial charge in [-0.1, -0.05) is 11.6 Å². The highest BCUT2D eigenvalue weighted by molar-refractivity contribution is 7.99. The summed E-state index contributed by atoms with van der Waals surface area (Å²) in [6.07, 6.45) is -4.70. The van der Waals surface area contributed by atoms with E-state index in [0.29, 0.717) is 19.3 Å². The van der Waals surface area contributed by atoms with Gasteiger partial charge in [-0.2, -0.15) is 18.2 Å². The second-order valence-corrected chi connectivity index (χ2v) is 6.99. The molecular formula is C15H14ClF3N2O4S. The SMILES string of the molecule is COCCOC[C@H]1CSc2c(Cl)c(C(F)(F)F)cc3c(O)nc(=O)n1c23. The molecule has 3 rings (SSSR count). The molecule has 0 unspecified atom stereocenters. The van der Waals surface area contributed by atoms with Crippen LogP contribution >= 0.6 is 23.4 Å². The first-order valence-electron chi connectivity index (χ1n) is 7.50. The van der Waals surface area contributed by atoms with Crippen LogP contribution in [-0.4, -0.2) is 47.3 Å². The first kappa shape index (κ1) is 19.3. The summed E-state index contributed by atoms with van der Waals surface area (Å²) >= 11 is 7.06. The van der Waals surface area contributed by atoms with E-state index in [1.54, 1.807) is 0 Å². The summed E-state index contributed by atoms with van der Waals surface area (Å²) in [7, 11) is 1.52. The van der Waals surface area contributed by atoms with E-state index in [1.807, 2.05) is 0 Å². The maximum Gasteiger partial charge on any atom is 0.417 e. The Morgan fingerprint density at radius 3 is 2.85 bits per heavy atom. The van der Waals surface area contributed by atoms with E-state index in [0.717, 1.165) is 11.8 Å². The van der Waals surface area contributed by atoms with Crippen LogP contribution in [0.5, 0.6) is 5.88 Å². The number of rotatable bonds is 5. The smallest absolute Gasteiger partial charge is 0.417 e. The molecule has 0 aliphatic carbocycles. The predicted molar refractivity (Wildman–Crippen MR) is 90.1 cm³/mol. The molecule has 1 aromatic heterocycles. The molecule has 0 amide bonds. The molecule has 0 bridgehead atoms. The number of ether oxygens (including phenoxy) is 2. The van der Waals surface area contributed by atoms with Crippen molar-refractivity contribution >= 4 is 34.3 Å². The Bertz CT molecular complexity index is 903. The molecule has 2 aromatic rings. The third kappa shape index (κ3) is 3.38. The van der Waals surface area contributed by atoms with Gasteiger partial charge in [-0.25, -0.2) is 4.79 Å². The van der Waals surface area contributed by atoms with Crippen LogP contribution in [0.15, 0.2) is 15.8 Å². The summed E-state index contributed by atoms with van der Waals surface area (Å²) in [4.78, 5) is 15.9. The zero-order valence-electron chi connectivity index (χ0n) is 13.5. The lowest BCUT2D eigenvalue weighted by molar-refractivity contribution is -0.137. The molecule has 26 heavy (non-hydrogen) atoms. The van der Waals surface area contributed by atoms with Crippen molar-refractivity contribution in [3.8, 4) is 5.88 Å². The van der Waals surface area contributed by atoms with Crippen molar-refractivity contribution in [3.63, 3.8) is 0 Å². The first-order chi connectivity index (χ1) is 12.3. The molecule has 1 N–H and O–H groups in total. The summed E-state index contributed by atoms with van der Waals surface area (Å²) in [5.74, 6) is -0.478. The summed E-state index contributed by atoms with van der Waals surface area (Å²) in [6, 6.07) is 0.258. The monoisotopic (exact) mass is 410 g/mol. The van der Waals surface area contributed by atoms with Gasteiger partial charge in [0.1, 0.15) is 0 Å². The Balaban J connectivity index is 2.16. The molecule has 11 heteroatoms. The van der Waals surface area contributed by atoms with Crippen LogP contribution in [0.3, 0.4) is 0 Å². The highest BCUT2D eigenvalue weighted by Gasteiger charge is 2.38. The van der Waals surface area contributed by atoms with Gasteiger partial charge in [0.25, 0.3) is 0 Å². The van der Waals surface area contributed by atoms with Gasteiger partial charge in [-0.05, 0) is 6.07 Å². The maximum atomic E-state index is 13.2. The van der Waals surface area contributed by atoms with Gasteiger partial charge >= 0.3 is 11.9 Å². The molecule has 0 radical (unpaired) electrons. The van der Waals surface area contributed by atoms with Crippen molar-refractivity contribution < 1.29 is 27.8 Å². The quantitative estimate of drug-likeness (QED) is 0.764. The molecular weight excluding hydrogens is 397 g/mol. The third-order valence-corrected chi connectivity index (χ3v) is 5.66. The second kappa shape index (κ2) is 7.26. The van der Waals surface area contributed by atoms with Crippen molar-refractivity contribution in [1.82, 2.24) is 9.55 Å². The number of hydrogen-bond acceptors (Lipinski definition) is 6. The minimum absolute atomic E-state index is 0.0967. The molecule has 0 saturated heterocycles. The Morgan fingerprint density at radius 1 is 1.46 bits per heavy atom. The van der Waals surface area contributed by atoms with E-state index in [4.69, 9.17) is 21.1 Å². The van der Waals surface area contributed by atoms with Gasteiger partial charge in [0, 0.05) is 12.9 Å². The molecule has 1 aromatic carbocycles. The van der Waals surface area contributed by atoms with Crippen LogP contribution in [0, 0.1) is 0 Å². The van der Waals surface area contributed by atoms with Crippen molar-refractivity contribution in [2.45, 2.75) is 17.1 Å². The topological polar surface area (TPSA) is 73.6 Å². The number of hydrogen-bond donors (Lipinski definition) is 1.